The number of carboxylic acid groups (broad SMARTS) is 1. The Hall–Kier alpha value is -1.81. The number of carbonyl (C=O) groups excluding carboxylic acids is 1. The van der Waals surface area contributed by atoms with Crippen molar-refractivity contribution in [2.75, 3.05) is 6.54 Å². The Balaban J connectivity index is 0.000000390. The van der Waals surface area contributed by atoms with Crippen LogP contribution in [0, 0.1) is 0 Å². The fraction of sp³-hybridized carbons (Fsp3) is 0.545. The van der Waals surface area contributed by atoms with E-state index >= 15 is 0 Å². The van der Waals surface area contributed by atoms with Gasteiger partial charge in [0.15, 0.2) is 5.78 Å². The van der Waals surface area contributed by atoms with Gasteiger partial charge in [0.25, 0.3) is 5.56 Å². The smallest absolute Gasteiger partial charge is 0.303 e. The Labute approximate surface area is 200 Å². The quantitative estimate of drug-likeness (QED) is 0.446. The van der Waals surface area contributed by atoms with Crippen molar-refractivity contribution in [2.45, 2.75) is 70.6 Å². The molecule has 1 aromatic carbocycles. The summed E-state index contributed by atoms with van der Waals surface area (Å²) in [6.45, 7) is 2.78. The van der Waals surface area contributed by atoms with Crippen LogP contribution in [0.5, 0.6) is 0 Å². The summed E-state index contributed by atoms with van der Waals surface area (Å²) in [7, 11) is 0. The minimum Gasteiger partial charge on any atom is -0.481 e. The Morgan fingerprint density at radius 2 is 2.09 bits per heavy atom. The first-order valence-corrected chi connectivity index (χ1v) is 11.9. The minimum absolute atomic E-state index is 0.0691. The van der Waals surface area contributed by atoms with Crippen molar-refractivity contribution in [2.24, 2.45) is 0 Å². The van der Waals surface area contributed by atoms with Gasteiger partial charge in [-0.3, -0.25) is 19.0 Å². The highest BCUT2D eigenvalue weighted by atomic mass is 79.9. The highest BCUT2D eigenvalue weighted by Crippen LogP contribution is 2.25. The van der Waals surface area contributed by atoms with Gasteiger partial charge in [-0.2, -0.15) is 0 Å². The Kier molecular flexibility index (Phi) is 10.8. The van der Waals surface area contributed by atoms with E-state index < -0.39 is 12.1 Å². The lowest BCUT2D eigenvalue weighted by Crippen LogP contribution is -2.46. The zero-order valence-corrected chi connectivity index (χ0v) is 20.4. The van der Waals surface area contributed by atoms with Gasteiger partial charge in [-0.05, 0) is 53.9 Å². The van der Waals surface area contributed by atoms with E-state index in [0.717, 1.165) is 32.2 Å². The normalized spacial score (nSPS) is 18.1. The number of piperidine rings is 1. The molecule has 0 amide bonds. The number of nitrogens with zero attached hydrogens (tertiary/aromatic N) is 2. The van der Waals surface area contributed by atoms with Crippen molar-refractivity contribution >= 4 is 50.2 Å². The van der Waals surface area contributed by atoms with E-state index in [0.29, 0.717) is 33.2 Å². The number of carboxylic acids is 1. The lowest BCUT2D eigenvalue weighted by molar-refractivity contribution is -0.137. The zero-order chi connectivity index (χ0) is 23.7. The van der Waals surface area contributed by atoms with Gasteiger partial charge < -0.3 is 15.5 Å². The molecule has 0 bridgehead atoms. The second kappa shape index (κ2) is 13.0. The number of Topliss-reactive ketones (excluding diaryl/α,β-unsaturated/α-hetero) is 1. The summed E-state index contributed by atoms with van der Waals surface area (Å²) < 4.78 is 1.94. The molecule has 8 nitrogen and oxygen atoms in total. The molecule has 3 rings (SSSR count). The Morgan fingerprint density at radius 3 is 2.75 bits per heavy atom. The number of aromatic nitrogens is 2. The number of aliphatic hydroxyl groups excluding tert-OH is 1. The molecule has 1 aromatic heterocycles. The van der Waals surface area contributed by atoms with E-state index in [-0.39, 0.29) is 30.3 Å². The first kappa shape index (κ1) is 26.4. The van der Waals surface area contributed by atoms with Crippen LogP contribution in [0.15, 0.2) is 27.7 Å². The predicted molar refractivity (Wildman–Crippen MR) is 127 cm³/mol. The summed E-state index contributed by atoms with van der Waals surface area (Å²) in [6.07, 6.45) is 5.90. The van der Waals surface area contributed by atoms with Gasteiger partial charge >= 0.3 is 5.97 Å². The number of unbranched alkanes of at least 4 members (excludes halogenated alkanes) is 2. The predicted octanol–water partition coefficient (Wildman–Crippen LogP) is 3.54. The van der Waals surface area contributed by atoms with E-state index in [2.05, 4.69) is 33.2 Å². The van der Waals surface area contributed by atoms with Crippen LogP contribution in [-0.2, 0) is 16.1 Å². The van der Waals surface area contributed by atoms with Gasteiger partial charge in [0.05, 0.1) is 34.9 Å². The molecule has 2 aromatic rings. The number of aliphatic carboxylic acids is 1. The van der Waals surface area contributed by atoms with E-state index in [9.17, 15) is 19.5 Å². The molecule has 1 aliphatic rings. The lowest BCUT2D eigenvalue weighted by Gasteiger charge is -2.28. The molecule has 2 heterocycles. The van der Waals surface area contributed by atoms with Crippen molar-refractivity contribution in [3.8, 4) is 0 Å². The van der Waals surface area contributed by atoms with Crippen LogP contribution >= 0.6 is 27.5 Å². The van der Waals surface area contributed by atoms with Crippen LogP contribution in [0.1, 0.15) is 51.9 Å². The van der Waals surface area contributed by atoms with Crippen LogP contribution in [0.3, 0.4) is 0 Å². The largest absolute Gasteiger partial charge is 0.481 e. The number of halogens is 2. The molecule has 1 saturated heterocycles. The second-order valence-electron chi connectivity index (χ2n) is 7.82. The average Bonchev–Trinajstić information content (AvgIpc) is 2.74. The van der Waals surface area contributed by atoms with Crippen LogP contribution < -0.4 is 10.9 Å². The lowest BCUT2D eigenvalue weighted by atomic mass is 9.97. The molecular formula is C22H29BrClN3O5. The summed E-state index contributed by atoms with van der Waals surface area (Å²) in [5.74, 6) is -0.807. The number of benzene rings is 1. The summed E-state index contributed by atoms with van der Waals surface area (Å²) in [5, 5.41) is 22.0. The van der Waals surface area contributed by atoms with E-state index in [1.807, 2.05) is 0 Å². The summed E-state index contributed by atoms with van der Waals surface area (Å²) >= 11 is 9.33. The zero-order valence-electron chi connectivity index (χ0n) is 18.0. The van der Waals surface area contributed by atoms with Gasteiger partial charge in [0, 0.05) is 23.4 Å². The van der Waals surface area contributed by atoms with E-state index in [1.54, 1.807) is 12.1 Å². The number of rotatable bonds is 8. The Morgan fingerprint density at radius 1 is 1.34 bits per heavy atom. The molecule has 10 heteroatoms. The molecule has 176 valence electrons. The molecule has 0 unspecified atom stereocenters. The van der Waals surface area contributed by atoms with Crippen LogP contribution in [0.4, 0.5) is 0 Å². The first-order valence-electron chi connectivity index (χ1n) is 10.7. The number of nitrogens with one attached hydrogen (secondary N) is 1. The molecule has 0 saturated carbocycles. The average molecular weight is 531 g/mol. The summed E-state index contributed by atoms with van der Waals surface area (Å²) in [6, 6.07) is 2.97. The monoisotopic (exact) mass is 529 g/mol. The van der Waals surface area contributed by atoms with Crippen molar-refractivity contribution in [1.82, 2.24) is 14.9 Å². The molecular weight excluding hydrogens is 502 g/mol. The highest BCUT2D eigenvalue weighted by Gasteiger charge is 2.25. The van der Waals surface area contributed by atoms with E-state index in [4.69, 9.17) is 16.7 Å². The molecule has 32 heavy (non-hydrogen) atoms. The van der Waals surface area contributed by atoms with Gasteiger partial charge in [0.2, 0.25) is 0 Å². The van der Waals surface area contributed by atoms with Crippen LogP contribution in [-0.4, -0.2) is 50.2 Å². The van der Waals surface area contributed by atoms with Crippen molar-refractivity contribution in [1.29, 1.82) is 0 Å². The third kappa shape index (κ3) is 7.95. The fourth-order valence-corrected chi connectivity index (χ4v) is 3.93. The molecule has 1 aliphatic heterocycles. The maximum atomic E-state index is 12.5. The number of carbonyl (C=O) groups is 2. The molecule has 3 N–H and O–H groups in total. The standard InChI is InChI=1S/C16H17BrClN3O3.C6H12O2/c17-11-6-13-10(5-12(11)18)16(24)21(8-20-13)7-9(22)4-14-15(23)2-1-3-19-14;1-2-3-4-5-6(7)8/h5-6,8,14-15,19,23H,1-4,7H2;2-5H2,1H3,(H,7,8)/t14-,15+;/m1./s1. The maximum absolute atomic E-state index is 12.5. The summed E-state index contributed by atoms with van der Waals surface area (Å²) in [5.41, 5.74) is 0.212. The molecule has 0 spiro atoms. The molecule has 2 atom stereocenters. The summed E-state index contributed by atoms with van der Waals surface area (Å²) in [4.78, 5) is 38.9. The molecule has 0 aliphatic carbocycles. The Bertz CT molecular complexity index is 997. The highest BCUT2D eigenvalue weighted by molar-refractivity contribution is 9.10. The topological polar surface area (TPSA) is 122 Å². The number of fused-ring (bicyclic) bond motifs is 1. The van der Waals surface area contributed by atoms with Gasteiger partial charge in [-0.15, -0.1) is 0 Å². The van der Waals surface area contributed by atoms with Crippen molar-refractivity contribution in [3.63, 3.8) is 0 Å². The van der Waals surface area contributed by atoms with Gasteiger partial charge in [0.1, 0.15) is 0 Å². The van der Waals surface area contributed by atoms with Crippen LogP contribution in [0.25, 0.3) is 10.9 Å². The fourth-order valence-electron chi connectivity index (χ4n) is 3.44. The third-order valence-corrected chi connectivity index (χ3v) is 6.40. The number of hydrogen-bond acceptors (Lipinski definition) is 6. The number of aliphatic hydroxyl groups is 1. The SMILES string of the molecule is CCCCCC(=O)O.O=C(C[C@H]1NCCC[C@@H]1O)Cn1cnc2cc(Br)c(Cl)cc2c1=O. The third-order valence-electron chi connectivity index (χ3n) is 5.20. The van der Waals surface area contributed by atoms with E-state index in [1.165, 1.54) is 10.9 Å². The maximum Gasteiger partial charge on any atom is 0.303 e. The minimum atomic E-state index is -0.682. The van der Waals surface area contributed by atoms with Gasteiger partial charge in [-0.25, -0.2) is 4.98 Å². The van der Waals surface area contributed by atoms with Crippen LogP contribution in [0.2, 0.25) is 5.02 Å². The van der Waals surface area contributed by atoms with Gasteiger partial charge in [-0.1, -0.05) is 31.4 Å². The molecule has 1 fully saturated rings. The molecule has 0 radical (unpaired) electrons. The number of hydrogen-bond donors (Lipinski definition) is 3. The second-order valence-corrected chi connectivity index (χ2v) is 9.09. The number of ketones is 1. The van der Waals surface area contributed by atoms with Crippen molar-refractivity contribution in [3.05, 3.63) is 38.3 Å². The van der Waals surface area contributed by atoms with Crippen molar-refractivity contribution < 1.29 is 19.8 Å². The first-order chi connectivity index (χ1) is 15.2.